The highest BCUT2D eigenvalue weighted by molar-refractivity contribution is 7.46. The second-order valence-electron chi connectivity index (χ2n) is 12.9. The molecule has 0 unspecified atom stereocenters. The van der Waals surface area contributed by atoms with Crippen molar-refractivity contribution < 1.29 is 37.9 Å². The van der Waals surface area contributed by atoms with Crippen LogP contribution in [0.15, 0.2) is 60.8 Å². The van der Waals surface area contributed by atoms with E-state index in [0.29, 0.717) is 12.8 Å². The maximum absolute atomic E-state index is 12.4. The Morgan fingerprint density at radius 3 is 1.50 bits per heavy atom. The molecule has 0 amide bonds. The van der Waals surface area contributed by atoms with Gasteiger partial charge in [-0.2, -0.15) is 0 Å². The van der Waals surface area contributed by atoms with Crippen molar-refractivity contribution in [2.24, 2.45) is 0 Å². The van der Waals surface area contributed by atoms with E-state index >= 15 is 0 Å². The van der Waals surface area contributed by atoms with Crippen LogP contribution in [-0.4, -0.2) is 41.0 Å². The number of ether oxygens (including phenoxy) is 2. The first-order chi connectivity index (χ1) is 24.3. The molecule has 0 aromatic rings. The van der Waals surface area contributed by atoms with Crippen LogP contribution in [0.3, 0.4) is 0 Å². The van der Waals surface area contributed by atoms with Crippen LogP contribution in [0.1, 0.15) is 168 Å². The largest absolute Gasteiger partial charge is 0.469 e. The number of rotatable bonds is 35. The van der Waals surface area contributed by atoms with Crippen LogP contribution >= 0.6 is 7.82 Å². The van der Waals surface area contributed by atoms with Crippen LogP contribution in [0.25, 0.3) is 0 Å². The molecule has 0 saturated heterocycles. The molecular formula is C41H71O8P. The molecule has 0 aromatic carbocycles. The molecule has 288 valence electrons. The topological polar surface area (TPSA) is 119 Å². The first-order valence-corrected chi connectivity index (χ1v) is 21.1. The third-order valence-corrected chi connectivity index (χ3v) is 8.51. The second kappa shape index (κ2) is 36.5. The molecule has 0 aliphatic carbocycles. The monoisotopic (exact) mass is 722 g/mol. The Hall–Kier alpha value is -2.25. The minimum absolute atomic E-state index is 0.157. The van der Waals surface area contributed by atoms with E-state index in [1.165, 1.54) is 70.6 Å². The van der Waals surface area contributed by atoms with Gasteiger partial charge in [-0.3, -0.25) is 14.1 Å². The highest BCUT2D eigenvalue weighted by atomic mass is 31.2. The molecule has 0 fully saturated rings. The third kappa shape index (κ3) is 38.6. The summed E-state index contributed by atoms with van der Waals surface area (Å²) in [6.45, 7) is 3.51. The summed E-state index contributed by atoms with van der Waals surface area (Å²) in [5.74, 6) is -0.939. The first-order valence-electron chi connectivity index (χ1n) is 19.6. The number of hydrogen-bond donors (Lipinski definition) is 2. The predicted molar refractivity (Wildman–Crippen MR) is 207 cm³/mol. The van der Waals surface area contributed by atoms with Crippen molar-refractivity contribution in [3.63, 3.8) is 0 Å². The molecule has 50 heavy (non-hydrogen) atoms. The Labute approximate surface area is 305 Å². The molecule has 1 atom stereocenters. The summed E-state index contributed by atoms with van der Waals surface area (Å²) < 4.78 is 26.3. The fourth-order valence-electron chi connectivity index (χ4n) is 5.12. The number of unbranched alkanes of at least 4 members (excludes halogenated alkanes) is 15. The first kappa shape index (κ1) is 47.8. The van der Waals surface area contributed by atoms with Crippen LogP contribution < -0.4 is 0 Å². The third-order valence-electron chi connectivity index (χ3n) is 8.02. The maximum Gasteiger partial charge on any atom is 0.469 e. The standard InChI is InChI=1S/C41H71O8P/c1-3-5-7-9-11-13-15-17-19-20-22-23-25-27-29-31-33-35-40(42)47-37-39(38-48-50(44,45)46)49-41(43)36-34-32-30-28-26-24-21-18-16-14-12-10-8-6-4-2/h6,8,12-15,18,21,26,28,39H,3-5,7,9-11,16-17,19-20,22-25,27,29-38H2,1-2H3,(H2,44,45,46)/b8-6+,14-12+,15-13+,21-18+,28-26+/t39-/m1/s1. The zero-order chi connectivity index (χ0) is 36.8. The van der Waals surface area contributed by atoms with Crippen LogP contribution in [0.4, 0.5) is 0 Å². The van der Waals surface area contributed by atoms with Crippen molar-refractivity contribution in [3.8, 4) is 0 Å². The van der Waals surface area contributed by atoms with Gasteiger partial charge in [0.1, 0.15) is 6.61 Å². The van der Waals surface area contributed by atoms with Gasteiger partial charge in [0, 0.05) is 12.8 Å². The van der Waals surface area contributed by atoms with E-state index in [-0.39, 0.29) is 19.4 Å². The molecule has 0 aliphatic rings. The molecule has 2 N–H and O–H groups in total. The van der Waals surface area contributed by atoms with Crippen LogP contribution in [0.2, 0.25) is 0 Å². The molecular weight excluding hydrogens is 651 g/mol. The number of phosphoric ester groups is 1. The van der Waals surface area contributed by atoms with Crippen molar-refractivity contribution in [1.82, 2.24) is 0 Å². The molecule has 0 rings (SSSR count). The van der Waals surface area contributed by atoms with Gasteiger partial charge < -0.3 is 19.3 Å². The van der Waals surface area contributed by atoms with Crippen LogP contribution in [0.5, 0.6) is 0 Å². The average Bonchev–Trinajstić information content (AvgIpc) is 3.08. The van der Waals surface area contributed by atoms with Crippen LogP contribution in [0, 0.1) is 0 Å². The molecule has 9 heteroatoms. The number of phosphoric acid groups is 1. The SMILES string of the molecule is CC/C=C/C/C=C/C/C=C/C/C=C/CCCCC(=O)O[C@H](COC(=O)CCCCCCCCCCC/C=C/CCCCCC)COP(=O)(O)O. The summed E-state index contributed by atoms with van der Waals surface area (Å²) in [5, 5.41) is 0. The fourth-order valence-corrected chi connectivity index (χ4v) is 5.48. The van der Waals surface area contributed by atoms with Crippen molar-refractivity contribution in [2.75, 3.05) is 13.2 Å². The normalized spacial score (nSPS) is 13.1. The lowest BCUT2D eigenvalue weighted by molar-refractivity contribution is -0.161. The Kier molecular flexibility index (Phi) is 34.9. The summed E-state index contributed by atoms with van der Waals surface area (Å²) in [5.41, 5.74) is 0. The molecule has 0 saturated carbocycles. The highest BCUT2D eigenvalue weighted by Crippen LogP contribution is 2.36. The van der Waals surface area contributed by atoms with Crippen molar-refractivity contribution in [1.29, 1.82) is 0 Å². The van der Waals surface area contributed by atoms with Crippen LogP contribution in [-0.2, 0) is 28.2 Å². The Morgan fingerprint density at radius 1 is 0.540 bits per heavy atom. The summed E-state index contributed by atoms with van der Waals surface area (Å²) in [6.07, 6.45) is 45.1. The highest BCUT2D eigenvalue weighted by Gasteiger charge is 2.22. The average molecular weight is 723 g/mol. The zero-order valence-electron chi connectivity index (χ0n) is 31.5. The fraction of sp³-hybridized carbons (Fsp3) is 0.707. The van der Waals surface area contributed by atoms with Crippen molar-refractivity contribution in [3.05, 3.63) is 60.8 Å². The number of allylic oxidation sites excluding steroid dienone is 10. The second-order valence-corrected chi connectivity index (χ2v) is 14.1. The van der Waals surface area contributed by atoms with E-state index in [2.05, 4.69) is 79.1 Å². The quantitative estimate of drug-likeness (QED) is 0.0287. The van der Waals surface area contributed by atoms with Gasteiger partial charge in [-0.25, -0.2) is 4.57 Å². The predicted octanol–water partition coefficient (Wildman–Crippen LogP) is 11.7. The summed E-state index contributed by atoms with van der Waals surface area (Å²) in [4.78, 5) is 42.7. The molecule has 0 radical (unpaired) electrons. The number of hydrogen-bond acceptors (Lipinski definition) is 6. The van der Waals surface area contributed by atoms with E-state index in [4.69, 9.17) is 19.3 Å². The van der Waals surface area contributed by atoms with E-state index < -0.39 is 32.5 Å². The lowest BCUT2D eigenvalue weighted by atomic mass is 10.1. The molecule has 0 bridgehead atoms. The van der Waals surface area contributed by atoms with E-state index in [1.54, 1.807) is 0 Å². The van der Waals surface area contributed by atoms with Gasteiger partial charge in [-0.15, -0.1) is 0 Å². The van der Waals surface area contributed by atoms with E-state index in [1.807, 2.05) is 0 Å². The maximum atomic E-state index is 12.4. The van der Waals surface area contributed by atoms with E-state index in [9.17, 15) is 14.2 Å². The van der Waals surface area contributed by atoms with Gasteiger partial charge in [0.25, 0.3) is 0 Å². The van der Waals surface area contributed by atoms with Crippen molar-refractivity contribution >= 4 is 19.8 Å². The summed E-state index contributed by atoms with van der Waals surface area (Å²) >= 11 is 0. The molecule has 0 heterocycles. The lowest BCUT2D eigenvalue weighted by Crippen LogP contribution is -2.29. The van der Waals surface area contributed by atoms with Gasteiger partial charge in [0.2, 0.25) is 0 Å². The van der Waals surface area contributed by atoms with E-state index in [0.717, 1.165) is 57.8 Å². The number of carbonyl (C=O) groups excluding carboxylic acids is 2. The molecule has 0 aliphatic heterocycles. The summed E-state index contributed by atoms with van der Waals surface area (Å²) in [6, 6.07) is 0. The number of esters is 2. The summed E-state index contributed by atoms with van der Waals surface area (Å²) in [7, 11) is -4.76. The molecule has 8 nitrogen and oxygen atoms in total. The Bertz CT molecular complexity index is 995. The minimum Gasteiger partial charge on any atom is -0.462 e. The Balaban J connectivity index is 4.01. The Morgan fingerprint density at radius 2 is 0.960 bits per heavy atom. The van der Waals surface area contributed by atoms with Gasteiger partial charge in [0.05, 0.1) is 6.61 Å². The van der Waals surface area contributed by atoms with Crippen molar-refractivity contribution in [2.45, 2.75) is 174 Å². The van der Waals surface area contributed by atoms with Gasteiger partial charge in [-0.1, -0.05) is 139 Å². The van der Waals surface area contributed by atoms with Gasteiger partial charge in [0.15, 0.2) is 6.10 Å². The smallest absolute Gasteiger partial charge is 0.462 e. The van der Waals surface area contributed by atoms with Gasteiger partial charge in [-0.05, 0) is 77.0 Å². The molecule has 0 spiro atoms. The molecule has 0 aromatic heterocycles. The minimum atomic E-state index is -4.76. The number of carbonyl (C=O) groups is 2. The van der Waals surface area contributed by atoms with Gasteiger partial charge >= 0.3 is 19.8 Å². The lowest BCUT2D eigenvalue weighted by Gasteiger charge is -2.18. The zero-order valence-corrected chi connectivity index (χ0v) is 32.4.